The van der Waals surface area contributed by atoms with Gasteiger partial charge in [-0.1, -0.05) is 32.0 Å². The molecule has 0 aliphatic rings. The van der Waals surface area contributed by atoms with Crippen LogP contribution in [0.25, 0.3) is 10.9 Å². The maximum atomic E-state index is 12.2. The third kappa shape index (κ3) is 3.07. The highest BCUT2D eigenvalue weighted by molar-refractivity contribution is 5.91. The molecule has 2 aromatic rings. The molecule has 1 amide bonds. The molecule has 2 rings (SSSR count). The Morgan fingerprint density at radius 2 is 1.95 bits per heavy atom. The zero-order valence-electron chi connectivity index (χ0n) is 12.1. The van der Waals surface area contributed by atoms with E-state index in [-0.39, 0.29) is 17.6 Å². The average Bonchev–Trinajstić information content (AvgIpc) is 2.80. The predicted octanol–water partition coefficient (Wildman–Crippen LogP) is 2.44. The first-order valence-corrected chi connectivity index (χ1v) is 6.85. The number of hydrogen-bond acceptors (Lipinski definition) is 2. The Labute approximate surface area is 118 Å². The van der Waals surface area contributed by atoms with Gasteiger partial charge in [0.05, 0.1) is 6.04 Å². The van der Waals surface area contributed by atoms with E-state index in [1.165, 1.54) is 6.92 Å². The number of hydrogen-bond donors (Lipinski definition) is 2. The number of Topliss-reactive ketones (excluding diaryl/α,β-unsaturated/α-hetero) is 1. The molecule has 0 spiro atoms. The minimum atomic E-state index is -0.466. The molecule has 106 valence electrons. The molecule has 0 aliphatic heterocycles. The lowest BCUT2D eigenvalue weighted by molar-refractivity contribution is -0.128. The van der Waals surface area contributed by atoms with E-state index in [1.807, 2.05) is 44.3 Å². The molecule has 0 radical (unpaired) electrons. The summed E-state index contributed by atoms with van der Waals surface area (Å²) in [6.07, 6.45) is 2.42. The molecule has 1 aromatic heterocycles. The van der Waals surface area contributed by atoms with Gasteiger partial charge in [-0.3, -0.25) is 9.59 Å². The maximum absolute atomic E-state index is 12.2. The highest BCUT2D eigenvalue weighted by Gasteiger charge is 2.23. The summed E-state index contributed by atoms with van der Waals surface area (Å²) in [5.41, 5.74) is 2.09. The normalized spacial score (nSPS) is 12.6. The monoisotopic (exact) mass is 272 g/mol. The second kappa shape index (κ2) is 5.90. The van der Waals surface area contributed by atoms with Crippen LogP contribution in [0.3, 0.4) is 0 Å². The summed E-state index contributed by atoms with van der Waals surface area (Å²) in [6.45, 7) is 5.15. The highest BCUT2D eigenvalue weighted by Crippen LogP contribution is 2.20. The third-order valence-corrected chi connectivity index (χ3v) is 3.39. The van der Waals surface area contributed by atoms with Gasteiger partial charge in [0.25, 0.3) is 0 Å². The van der Waals surface area contributed by atoms with Crippen LogP contribution in [0.5, 0.6) is 0 Å². The Hall–Kier alpha value is -2.10. The van der Waals surface area contributed by atoms with Crippen molar-refractivity contribution in [2.24, 2.45) is 5.92 Å². The molecule has 1 atom stereocenters. The van der Waals surface area contributed by atoms with Crippen LogP contribution >= 0.6 is 0 Å². The van der Waals surface area contributed by atoms with Crippen LogP contribution in [0, 0.1) is 5.92 Å². The van der Waals surface area contributed by atoms with E-state index >= 15 is 0 Å². The van der Waals surface area contributed by atoms with E-state index in [1.54, 1.807) is 0 Å². The number of aromatic nitrogens is 1. The highest BCUT2D eigenvalue weighted by atomic mass is 16.2. The summed E-state index contributed by atoms with van der Waals surface area (Å²) >= 11 is 0. The molecular weight excluding hydrogens is 252 g/mol. The van der Waals surface area contributed by atoms with Crippen LogP contribution in [-0.2, 0) is 16.0 Å². The number of aromatic amines is 1. The predicted molar refractivity (Wildman–Crippen MR) is 79.5 cm³/mol. The fourth-order valence-electron chi connectivity index (χ4n) is 2.39. The first-order valence-electron chi connectivity index (χ1n) is 6.85. The number of amides is 1. The Balaban J connectivity index is 2.27. The van der Waals surface area contributed by atoms with Gasteiger partial charge in [-0.15, -0.1) is 0 Å². The smallest absolute Gasteiger partial charge is 0.217 e. The summed E-state index contributed by atoms with van der Waals surface area (Å²) < 4.78 is 0. The summed E-state index contributed by atoms with van der Waals surface area (Å²) in [7, 11) is 0. The minimum Gasteiger partial charge on any atom is -0.361 e. The zero-order chi connectivity index (χ0) is 14.7. The van der Waals surface area contributed by atoms with Gasteiger partial charge in [-0.2, -0.15) is 0 Å². The second-order valence-electron chi connectivity index (χ2n) is 5.37. The van der Waals surface area contributed by atoms with Gasteiger partial charge in [-0.25, -0.2) is 0 Å². The second-order valence-corrected chi connectivity index (χ2v) is 5.37. The average molecular weight is 272 g/mol. The molecule has 0 bridgehead atoms. The molecule has 2 N–H and O–H groups in total. The molecule has 0 fully saturated rings. The largest absolute Gasteiger partial charge is 0.361 e. The zero-order valence-corrected chi connectivity index (χ0v) is 12.1. The molecule has 4 heteroatoms. The van der Waals surface area contributed by atoms with Crippen LogP contribution in [0.15, 0.2) is 30.5 Å². The van der Waals surface area contributed by atoms with Gasteiger partial charge in [0.15, 0.2) is 5.78 Å². The lowest BCUT2D eigenvalue weighted by Crippen LogP contribution is -2.43. The molecule has 0 unspecified atom stereocenters. The first-order chi connectivity index (χ1) is 9.49. The number of rotatable bonds is 5. The summed E-state index contributed by atoms with van der Waals surface area (Å²) in [5.74, 6) is -0.216. The van der Waals surface area contributed by atoms with E-state index in [2.05, 4.69) is 10.3 Å². The van der Waals surface area contributed by atoms with E-state index in [4.69, 9.17) is 0 Å². The van der Waals surface area contributed by atoms with Gasteiger partial charge in [-0.05, 0) is 11.6 Å². The van der Waals surface area contributed by atoms with Crippen LogP contribution in [0.2, 0.25) is 0 Å². The molecule has 1 heterocycles. The number of H-pyrrole nitrogens is 1. The fourth-order valence-corrected chi connectivity index (χ4v) is 2.39. The fraction of sp³-hybridized carbons (Fsp3) is 0.375. The molecule has 0 saturated carbocycles. The summed E-state index contributed by atoms with van der Waals surface area (Å²) in [6, 6.07) is 7.49. The number of carbonyl (C=O) groups excluding carboxylic acids is 2. The number of benzene rings is 1. The number of nitrogens with one attached hydrogen (secondary N) is 2. The van der Waals surface area contributed by atoms with Crippen molar-refractivity contribution in [2.75, 3.05) is 0 Å². The van der Waals surface area contributed by atoms with Crippen LogP contribution in [0.4, 0.5) is 0 Å². The van der Waals surface area contributed by atoms with Crippen LogP contribution < -0.4 is 5.32 Å². The number of ketones is 1. The van der Waals surface area contributed by atoms with Crippen molar-refractivity contribution in [1.82, 2.24) is 10.3 Å². The maximum Gasteiger partial charge on any atom is 0.217 e. The van der Waals surface area contributed by atoms with Gasteiger partial charge < -0.3 is 10.3 Å². The van der Waals surface area contributed by atoms with Gasteiger partial charge in [0.1, 0.15) is 0 Å². The minimum absolute atomic E-state index is 0.0606. The Kier molecular flexibility index (Phi) is 4.23. The van der Waals surface area contributed by atoms with Crippen molar-refractivity contribution >= 4 is 22.6 Å². The summed E-state index contributed by atoms with van der Waals surface area (Å²) in [4.78, 5) is 26.7. The number of fused-ring (bicyclic) bond motifs is 1. The van der Waals surface area contributed by atoms with E-state index < -0.39 is 6.04 Å². The molecule has 20 heavy (non-hydrogen) atoms. The van der Waals surface area contributed by atoms with E-state index in [9.17, 15) is 9.59 Å². The topological polar surface area (TPSA) is 62.0 Å². The number of carbonyl (C=O) groups is 2. The lowest BCUT2D eigenvalue weighted by Gasteiger charge is -2.18. The van der Waals surface area contributed by atoms with Gasteiger partial charge in [0, 0.05) is 36.4 Å². The first kappa shape index (κ1) is 14.3. The van der Waals surface area contributed by atoms with Crippen molar-refractivity contribution in [3.63, 3.8) is 0 Å². The van der Waals surface area contributed by atoms with Crippen molar-refractivity contribution in [3.8, 4) is 0 Å². The van der Waals surface area contributed by atoms with Crippen molar-refractivity contribution in [2.45, 2.75) is 33.2 Å². The third-order valence-electron chi connectivity index (χ3n) is 3.39. The van der Waals surface area contributed by atoms with Gasteiger partial charge >= 0.3 is 0 Å². The van der Waals surface area contributed by atoms with Crippen molar-refractivity contribution in [1.29, 1.82) is 0 Å². The number of para-hydroxylation sites is 1. The van der Waals surface area contributed by atoms with E-state index in [0.29, 0.717) is 6.42 Å². The summed E-state index contributed by atoms with van der Waals surface area (Å²) in [5, 5.41) is 3.86. The Morgan fingerprint density at radius 3 is 2.60 bits per heavy atom. The Bertz CT molecular complexity index is 628. The molecule has 1 aromatic carbocycles. The lowest BCUT2D eigenvalue weighted by atomic mass is 9.95. The molecular formula is C16H20N2O2. The standard InChI is InChI=1S/C16H20N2O2/c1-10(2)16(20)15(18-11(3)19)8-12-9-17-14-7-5-4-6-13(12)14/h4-7,9-10,15,17H,8H2,1-3H3,(H,18,19)/t15-/m0/s1. The molecule has 0 saturated heterocycles. The Morgan fingerprint density at radius 1 is 1.25 bits per heavy atom. The van der Waals surface area contributed by atoms with Crippen LogP contribution in [-0.4, -0.2) is 22.7 Å². The quantitative estimate of drug-likeness (QED) is 0.878. The van der Waals surface area contributed by atoms with Crippen LogP contribution in [0.1, 0.15) is 26.3 Å². The molecule has 0 aliphatic carbocycles. The van der Waals surface area contributed by atoms with Crippen molar-refractivity contribution in [3.05, 3.63) is 36.0 Å². The van der Waals surface area contributed by atoms with Crippen molar-refractivity contribution < 1.29 is 9.59 Å². The van der Waals surface area contributed by atoms with Gasteiger partial charge in [0.2, 0.25) is 5.91 Å². The van der Waals surface area contributed by atoms with E-state index in [0.717, 1.165) is 16.5 Å². The molecule has 4 nitrogen and oxygen atoms in total. The SMILES string of the molecule is CC(=O)N[C@@H](Cc1c[nH]c2ccccc12)C(=O)C(C)C.